The lowest BCUT2D eigenvalue weighted by atomic mass is 9.98. The first kappa shape index (κ1) is 16.5. The topological polar surface area (TPSA) is 48.0 Å². The fraction of sp³-hybridized carbons (Fsp3) is 0.421. The van der Waals surface area contributed by atoms with Crippen molar-refractivity contribution in [3.63, 3.8) is 0 Å². The van der Waals surface area contributed by atoms with Crippen molar-refractivity contribution in [1.29, 1.82) is 0 Å². The van der Waals surface area contributed by atoms with Crippen LogP contribution in [0, 0.1) is 6.92 Å². The van der Waals surface area contributed by atoms with E-state index in [2.05, 4.69) is 26.0 Å². The summed E-state index contributed by atoms with van der Waals surface area (Å²) in [5.41, 5.74) is 10.3. The molecule has 0 radical (unpaired) electrons. The number of aryl methyl sites for hydroxylation is 2. The number of aromatic nitrogens is 1. The number of hydrogen-bond acceptors (Lipinski definition) is 2. The molecule has 1 aromatic carbocycles. The molecule has 3 heteroatoms. The first-order chi connectivity index (χ1) is 10.6. The van der Waals surface area contributed by atoms with Gasteiger partial charge in [0.15, 0.2) is 0 Å². The van der Waals surface area contributed by atoms with E-state index in [1.54, 1.807) is 0 Å². The van der Waals surface area contributed by atoms with Gasteiger partial charge < -0.3 is 10.3 Å². The molecular weight excluding hydrogens is 272 g/mol. The molecule has 1 atom stereocenters. The number of unbranched alkanes of at least 4 members (excludes halogenated alkanes) is 1. The summed E-state index contributed by atoms with van der Waals surface area (Å²) in [5.74, 6) is 0. The third-order valence-corrected chi connectivity index (χ3v) is 4.24. The predicted octanol–water partition coefficient (Wildman–Crippen LogP) is 3.57. The van der Waals surface area contributed by atoms with Gasteiger partial charge in [-0.2, -0.15) is 0 Å². The van der Waals surface area contributed by atoms with E-state index in [0.717, 1.165) is 37.1 Å². The van der Waals surface area contributed by atoms with Gasteiger partial charge in [0, 0.05) is 17.8 Å². The Morgan fingerprint density at radius 1 is 1.09 bits per heavy atom. The molecule has 0 aliphatic carbocycles. The largest absolute Gasteiger partial charge is 0.320 e. The lowest BCUT2D eigenvalue weighted by Crippen LogP contribution is -2.30. The summed E-state index contributed by atoms with van der Waals surface area (Å²) < 4.78 is 1.85. The van der Waals surface area contributed by atoms with Crippen LogP contribution < -0.4 is 11.3 Å². The Labute approximate surface area is 132 Å². The molecule has 0 amide bonds. The highest BCUT2D eigenvalue weighted by molar-refractivity contribution is 5.32. The Balaban J connectivity index is 2.36. The minimum Gasteiger partial charge on any atom is -0.320 e. The maximum Gasteiger partial charge on any atom is 0.255 e. The zero-order valence-electron chi connectivity index (χ0n) is 13.8. The van der Waals surface area contributed by atoms with Crippen molar-refractivity contribution >= 4 is 0 Å². The van der Waals surface area contributed by atoms with E-state index in [1.807, 2.05) is 35.8 Å². The summed E-state index contributed by atoms with van der Waals surface area (Å²) in [6.45, 7) is 6.99. The van der Waals surface area contributed by atoms with E-state index in [1.165, 1.54) is 5.56 Å². The monoisotopic (exact) mass is 298 g/mol. The molecule has 0 saturated carbocycles. The molecule has 1 heterocycles. The van der Waals surface area contributed by atoms with Crippen molar-refractivity contribution in [1.82, 2.24) is 4.57 Å². The molecule has 0 aliphatic rings. The lowest BCUT2D eigenvalue weighted by Gasteiger charge is -2.16. The number of benzene rings is 1. The Hall–Kier alpha value is -1.87. The Kier molecular flexibility index (Phi) is 5.56. The second kappa shape index (κ2) is 7.41. The van der Waals surface area contributed by atoms with Crippen molar-refractivity contribution in [2.75, 3.05) is 0 Å². The van der Waals surface area contributed by atoms with Crippen LogP contribution in [0.1, 0.15) is 55.1 Å². The molecule has 2 N–H and O–H groups in total. The van der Waals surface area contributed by atoms with Gasteiger partial charge in [0.05, 0.1) is 6.04 Å². The normalized spacial score (nSPS) is 12.4. The number of rotatable bonds is 6. The van der Waals surface area contributed by atoms with Gasteiger partial charge in [-0.3, -0.25) is 4.79 Å². The number of hydrogen-bond donors (Lipinski definition) is 1. The van der Waals surface area contributed by atoms with Crippen LogP contribution in [0.25, 0.3) is 0 Å². The van der Waals surface area contributed by atoms with Gasteiger partial charge in [-0.25, -0.2) is 0 Å². The van der Waals surface area contributed by atoms with Crippen LogP contribution in [0.2, 0.25) is 0 Å². The summed E-state index contributed by atoms with van der Waals surface area (Å²) in [6, 6.07) is 11.7. The molecule has 0 aliphatic heterocycles. The smallest absolute Gasteiger partial charge is 0.255 e. The molecule has 1 unspecified atom stereocenters. The summed E-state index contributed by atoms with van der Waals surface area (Å²) in [4.78, 5) is 12.7. The standard InChI is InChI=1S/C19H26N2O/c1-4-6-13-21-14(3)7-12-17(19(21)22)18(20)16-10-8-15(5-2)9-11-16/h7-12,18H,4-6,13,20H2,1-3H3. The third-order valence-electron chi connectivity index (χ3n) is 4.24. The van der Waals surface area contributed by atoms with Gasteiger partial charge in [-0.15, -0.1) is 0 Å². The number of pyridine rings is 1. The molecule has 2 rings (SSSR count). The van der Waals surface area contributed by atoms with Gasteiger partial charge in [-0.05, 0) is 43.0 Å². The van der Waals surface area contributed by atoms with E-state index >= 15 is 0 Å². The number of nitrogens with two attached hydrogens (primary N) is 1. The van der Waals surface area contributed by atoms with Crippen LogP contribution >= 0.6 is 0 Å². The van der Waals surface area contributed by atoms with E-state index < -0.39 is 0 Å². The minimum absolute atomic E-state index is 0.0421. The van der Waals surface area contributed by atoms with Gasteiger partial charge in [0.1, 0.15) is 0 Å². The van der Waals surface area contributed by atoms with Crippen molar-refractivity contribution in [3.8, 4) is 0 Å². The predicted molar refractivity (Wildman–Crippen MR) is 92.2 cm³/mol. The van der Waals surface area contributed by atoms with E-state index in [9.17, 15) is 4.79 Å². The molecule has 1 aromatic heterocycles. The molecule has 22 heavy (non-hydrogen) atoms. The fourth-order valence-electron chi connectivity index (χ4n) is 2.66. The van der Waals surface area contributed by atoms with Crippen LogP contribution in [-0.2, 0) is 13.0 Å². The van der Waals surface area contributed by atoms with Crippen LogP contribution in [0.5, 0.6) is 0 Å². The van der Waals surface area contributed by atoms with Gasteiger partial charge >= 0.3 is 0 Å². The van der Waals surface area contributed by atoms with E-state index in [-0.39, 0.29) is 11.6 Å². The highest BCUT2D eigenvalue weighted by Crippen LogP contribution is 2.18. The highest BCUT2D eigenvalue weighted by Gasteiger charge is 2.15. The zero-order chi connectivity index (χ0) is 16.1. The minimum atomic E-state index is -0.369. The molecular formula is C19H26N2O. The number of nitrogens with zero attached hydrogens (tertiary/aromatic N) is 1. The van der Waals surface area contributed by atoms with Crippen LogP contribution in [-0.4, -0.2) is 4.57 Å². The summed E-state index contributed by atoms with van der Waals surface area (Å²) in [7, 11) is 0. The molecule has 3 nitrogen and oxygen atoms in total. The molecule has 0 saturated heterocycles. The maximum atomic E-state index is 12.7. The first-order valence-electron chi connectivity index (χ1n) is 8.13. The van der Waals surface area contributed by atoms with Crippen LogP contribution in [0.3, 0.4) is 0 Å². The molecule has 0 spiro atoms. The lowest BCUT2D eigenvalue weighted by molar-refractivity contribution is 0.590. The maximum absolute atomic E-state index is 12.7. The van der Waals surface area contributed by atoms with Gasteiger partial charge in [0.25, 0.3) is 5.56 Å². The Bertz CT molecular complexity index is 671. The third kappa shape index (κ3) is 3.47. The average molecular weight is 298 g/mol. The SMILES string of the molecule is CCCCn1c(C)ccc(C(N)c2ccc(CC)cc2)c1=O. The summed E-state index contributed by atoms with van der Waals surface area (Å²) in [5, 5.41) is 0. The highest BCUT2D eigenvalue weighted by atomic mass is 16.1. The van der Waals surface area contributed by atoms with Crippen LogP contribution in [0.4, 0.5) is 0 Å². The zero-order valence-corrected chi connectivity index (χ0v) is 13.8. The second-order valence-corrected chi connectivity index (χ2v) is 5.81. The van der Waals surface area contributed by atoms with Crippen molar-refractivity contribution in [2.45, 2.75) is 52.6 Å². The summed E-state index contributed by atoms with van der Waals surface area (Å²) in [6.07, 6.45) is 3.08. The van der Waals surface area contributed by atoms with Gasteiger partial charge in [0.2, 0.25) is 0 Å². The van der Waals surface area contributed by atoms with Crippen molar-refractivity contribution in [2.24, 2.45) is 5.73 Å². The molecule has 2 aromatic rings. The molecule has 0 fully saturated rings. The first-order valence-corrected chi connectivity index (χ1v) is 8.13. The quantitative estimate of drug-likeness (QED) is 0.886. The second-order valence-electron chi connectivity index (χ2n) is 5.81. The summed E-state index contributed by atoms with van der Waals surface area (Å²) >= 11 is 0. The van der Waals surface area contributed by atoms with E-state index in [4.69, 9.17) is 5.73 Å². The van der Waals surface area contributed by atoms with Crippen molar-refractivity contribution < 1.29 is 0 Å². The Morgan fingerprint density at radius 2 is 1.77 bits per heavy atom. The van der Waals surface area contributed by atoms with Gasteiger partial charge in [-0.1, -0.05) is 44.5 Å². The average Bonchev–Trinajstić information content (AvgIpc) is 2.54. The van der Waals surface area contributed by atoms with Crippen LogP contribution in [0.15, 0.2) is 41.2 Å². The molecule has 0 bridgehead atoms. The van der Waals surface area contributed by atoms with E-state index in [0.29, 0.717) is 5.56 Å². The van der Waals surface area contributed by atoms with Crippen molar-refractivity contribution in [3.05, 3.63) is 69.1 Å². The fourth-order valence-corrected chi connectivity index (χ4v) is 2.66. The molecule has 118 valence electrons. The Morgan fingerprint density at radius 3 is 2.36 bits per heavy atom.